The van der Waals surface area contributed by atoms with Gasteiger partial charge in [0.05, 0.1) is 17.1 Å². The van der Waals surface area contributed by atoms with Crippen molar-refractivity contribution in [3.63, 3.8) is 0 Å². The summed E-state index contributed by atoms with van der Waals surface area (Å²) in [6.45, 7) is 6.64. The molecule has 4 aromatic rings. The van der Waals surface area contributed by atoms with E-state index in [0.717, 1.165) is 16.6 Å². The van der Waals surface area contributed by atoms with E-state index in [0.29, 0.717) is 23.4 Å². The Bertz CT molecular complexity index is 1220. The van der Waals surface area contributed by atoms with Gasteiger partial charge in [-0.15, -0.1) is 0 Å². The quantitative estimate of drug-likeness (QED) is 0.372. The zero-order chi connectivity index (χ0) is 24.3. The molecule has 0 bridgehead atoms. The number of imidazole rings is 1. The monoisotopic (exact) mass is 457 g/mol. The zero-order valence-electron chi connectivity index (χ0n) is 19.8. The number of aliphatic hydroxyl groups excluding tert-OH is 1. The minimum atomic E-state index is -1.48. The molecule has 0 saturated heterocycles. The number of hydrogen-bond donors (Lipinski definition) is 3. The van der Waals surface area contributed by atoms with Crippen LogP contribution in [0.15, 0.2) is 78.9 Å². The van der Waals surface area contributed by atoms with E-state index in [1.54, 1.807) is 13.0 Å². The van der Waals surface area contributed by atoms with Crippen LogP contribution in [0.3, 0.4) is 0 Å². The van der Waals surface area contributed by atoms with Crippen molar-refractivity contribution in [1.82, 2.24) is 14.9 Å². The van der Waals surface area contributed by atoms with Crippen molar-refractivity contribution in [3.05, 3.63) is 101 Å². The number of hydrogen-bond acceptors (Lipinski definition) is 4. The number of nitrogens with zero attached hydrogens (tertiary/aromatic N) is 2. The van der Waals surface area contributed by atoms with Crippen LogP contribution in [0.2, 0.25) is 0 Å². The number of fused-ring (bicyclic) bond motifs is 1. The molecule has 3 N–H and O–H groups in total. The van der Waals surface area contributed by atoms with Gasteiger partial charge in [0.2, 0.25) is 0 Å². The zero-order valence-corrected chi connectivity index (χ0v) is 19.8. The smallest absolute Gasteiger partial charge is 0.251 e. The van der Waals surface area contributed by atoms with Crippen molar-refractivity contribution < 1.29 is 15.0 Å². The van der Waals surface area contributed by atoms with Crippen LogP contribution in [-0.4, -0.2) is 38.3 Å². The molecule has 0 aliphatic rings. The SMILES string of the molecule is CC(C)Cn1c(C(O)(c2ccccc2)c2ccccc2)nc2ccc(C(=O)NC[C@@H](C)O)cc21. The summed E-state index contributed by atoms with van der Waals surface area (Å²) in [6.07, 6.45) is -0.627. The number of aromatic nitrogens is 2. The molecule has 1 aromatic heterocycles. The van der Waals surface area contributed by atoms with E-state index < -0.39 is 11.7 Å². The highest BCUT2D eigenvalue weighted by Crippen LogP contribution is 2.38. The van der Waals surface area contributed by atoms with Gasteiger partial charge in [-0.25, -0.2) is 4.98 Å². The lowest BCUT2D eigenvalue weighted by atomic mass is 9.85. The fourth-order valence-electron chi connectivity index (χ4n) is 4.22. The van der Waals surface area contributed by atoms with Gasteiger partial charge in [-0.2, -0.15) is 0 Å². The Morgan fingerprint density at radius 1 is 0.971 bits per heavy atom. The maximum Gasteiger partial charge on any atom is 0.251 e. The Morgan fingerprint density at radius 2 is 1.56 bits per heavy atom. The second-order valence-electron chi connectivity index (χ2n) is 9.14. The van der Waals surface area contributed by atoms with Crippen molar-refractivity contribution in [3.8, 4) is 0 Å². The second kappa shape index (κ2) is 9.79. The highest BCUT2D eigenvalue weighted by molar-refractivity contribution is 5.97. The minimum Gasteiger partial charge on any atom is -0.392 e. The molecular weight excluding hydrogens is 426 g/mol. The number of nitrogens with one attached hydrogen (secondary N) is 1. The van der Waals surface area contributed by atoms with E-state index in [-0.39, 0.29) is 18.4 Å². The first-order chi connectivity index (χ1) is 16.3. The van der Waals surface area contributed by atoms with E-state index in [1.165, 1.54) is 0 Å². The highest BCUT2D eigenvalue weighted by atomic mass is 16.3. The largest absolute Gasteiger partial charge is 0.392 e. The molecule has 6 heteroatoms. The normalized spacial score (nSPS) is 12.8. The minimum absolute atomic E-state index is 0.176. The summed E-state index contributed by atoms with van der Waals surface area (Å²) in [5.41, 5.74) is 1.91. The number of amides is 1. The molecule has 1 atom stereocenters. The molecule has 0 spiro atoms. The Labute approximate surface area is 199 Å². The summed E-state index contributed by atoms with van der Waals surface area (Å²) >= 11 is 0. The van der Waals surface area contributed by atoms with E-state index in [2.05, 4.69) is 19.2 Å². The van der Waals surface area contributed by atoms with Gasteiger partial charge in [0.15, 0.2) is 11.4 Å². The van der Waals surface area contributed by atoms with Gasteiger partial charge in [0.1, 0.15) is 0 Å². The first-order valence-corrected chi connectivity index (χ1v) is 11.6. The third-order valence-corrected chi connectivity index (χ3v) is 5.82. The lowest BCUT2D eigenvalue weighted by Gasteiger charge is -2.30. The number of carbonyl (C=O) groups excluding carboxylic acids is 1. The summed E-state index contributed by atoms with van der Waals surface area (Å²) in [4.78, 5) is 17.6. The molecule has 176 valence electrons. The van der Waals surface area contributed by atoms with Crippen LogP contribution in [-0.2, 0) is 12.1 Å². The summed E-state index contributed by atoms with van der Waals surface area (Å²) in [5.74, 6) is 0.526. The molecule has 0 aliphatic heterocycles. The summed E-state index contributed by atoms with van der Waals surface area (Å²) < 4.78 is 2.02. The maximum atomic E-state index is 12.7. The molecule has 4 rings (SSSR count). The molecule has 34 heavy (non-hydrogen) atoms. The van der Waals surface area contributed by atoms with Crippen molar-refractivity contribution in [2.24, 2.45) is 5.92 Å². The Morgan fingerprint density at radius 3 is 2.09 bits per heavy atom. The third kappa shape index (κ3) is 4.60. The van der Waals surface area contributed by atoms with Gasteiger partial charge < -0.3 is 20.1 Å². The molecule has 6 nitrogen and oxygen atoms in total. The maximum absolute atomic E-state index is 12.7. The lowest BCUT2D eigenvalue weighted by molar-refractivity contribution is 0.0924. The topological polar surface area (TPSA) is 87.4 Å². The van der Waals surface area contributed by atoms with Crippen molar-refractivity contribution in [2.75, 3.05) is 6.54 Å². The van der Waals surface area contributed by atoms with Gasteiger partial charge in [0.25, 0.3) is 5.91 Å². The molecule has 0 saturated carbocycles. The molecule has 3 aromatic carbocycles. The van der Waals surface area contributed by atoms with E-state index in [1.807, 2.05) is 77.4 Å². The summed E-state index contributed by atoms with van der Waals surface area (Å²) in [7, 11) is 0. The van der Waals surface area contributed by atoms with Gasteiger partial charge in [-0.05, 0) is 42.2 Å². The highest BCUT2D eigenvalue weighted by Gasteiger charge is 2.39. The molecule has 0 radical (unpaired) electrons. The number of aliphatic hydroxyl groups is 2. The first kappa shape index (κ1) is 23.7. The average Bonchev–Trinajstić information content (AvgIpc) is 3.20. The molecule has 0 fully saturated rings. The average molecular weight is 458 g/mol. The number of benzene rings is 3. The Balaban J connectivity index is 1.93. The van der Waals surface area contributed by atoms with Crippen molar-refractivity contribution in [2.45, 2.75) is 39.0 Å². The standard InChI is InChI=1S/C28H31N3O3/c1-19(2)18-31-25-16-21(26(33)29-17-20(3)32)14-15-24(25)30-27(31)28(34,22-10-6-4-7-11-22)23-12-8-5-9-13-23/h4-16,19-20,32,34H,17-18H2,1-3H3,(H,29,33)/t20-/m1/s1. The van der Waals surface area contributed by atoms with E-state index in [4.69, 9.17) is 4.98 Å². The van der Waals surface area contributed by atoms with E-state index in [9.17, 15) is 15.0 Å². The molecule has 0 aliphatic carbocycles. The summed E-state index contributed by atoms with van der Waals surface area (Å²) in [6, 6.07) is 24.4. The van der Waals surface area contributed by atoms with Gasteiger partial charge in [-0.1, -0.05) is 74.5 Å². The van der Waals surface area contributed by atoms with Crippen molar-refractivity contribution in [1.29, 1.82) is 0 Å². The fourth-order valence-corrected chi connectivity index (χ4v) is 4.22. The molecule has 1 heterocycles. The Kier molecular flexibility index (Phi) is 6.82. The van der Waals surface area contributed by atoms with Crippen LogP contribution in [0.25, 0.3) is 11.0 Å². The van der Waals surface area contributed by atoms with Crippen LogP contribution in [0.4, 0.5) is 0 Å². The van der Waals surface area contributed by atoms with Crippen molar-refractivity contribution >= 4 is 16.9 Å². The van der Waals surface area contributed by atoms with Crippen LogP contribution < -0.4 is 5.32 Å². The first-order valence-electron chi connectivity index (χ1n) is 11.6. The lowest BCUT2D eigenvalue weighted by Crippen LogP contribution is -2.33. The second-order valence-corrected chi connectivity index (χ2v) is 9.14. The number of rotatable bonds is 8. The molecule has 1 amide bonds. The predicted octanol–water partition coefficient (Wildman–Crippen LogP) is 4.09. The van der Waals surface area contributed by atoms with E-state index >= 15 is 0 Å². The van der Waals surface area contributed by atoms with Crippen LogP contribution in [0.5, 0.6) is 0 Å². The fraction of sp³-hybridized carbons (Fsp3) is 0.286. The van der Waals surface area contributed by atoms with Gasteiger partial charge in [0, 0.05) is 18.7 Å². The third-order valence-electron chi connectivity index (χ3n) is 5.82. The van der Waals surface area contributed by atoms with Gasteiger partial charge in [-0.3, -0.25) is 4.79 Å². The van der Waals surface area contributed by atoms with Crippen LogP contribution >= 0.6 is 0 Å². The Hall–Kier alpha value is -3.48. The van der Waals surface area contributed by atoms with Crippen LogP contribution in [0, 0.1) is 5.92 Å². The number of carbonyl (C=O) groups is 1. The van der Waals surface area contributed by atoms with Gasteiger partial charge >= 0.3 is 0 Å². The summed E-state index contributed by atoms with van der Waals surface area (Å²) in [5, 5.41) is 24.6. The predicted molar refractivity (Wildman–Crippen MR) is 134 cm³/mol. The van der Waals surface area contributed by atoms with Crippen LogP contribution in [0.1, 0.15) is 48.1 Å². The molecular formula is C28H31N3O3. The molecule has 0 unspecified atom stereocenters.